The van der Waals surface area contributed by atoms with Gasteiger partial charge in [-0.3, -0.25) is 4.79 Å². The van der Waals surface area contributed by atoms with E-state index in [0.717, 1.165) is 56.2 Å². The summed E-state index contributed by atoms with van der Waals surface area (Å²) in [4.78, 5) is 19.6. The summed E-state index contributed by atoms with van der Waals surface area (Å²) in [6.45, 7) is 4.98. The molecule has 3 aliphatic rings. The normalized spacial score (nSPS) is 20.8. The largest absolute Gasteiger partial charge is 0.355 e. The van der Waals surface area contributed by atoms with Crippen molar-refractivity contribution in [2.45, 2.75) is 31.1 Å². The van der Waals surface area contributed by atoms with Crippen LogP contribution in [0.1, 0.15) is 31.2 Å². The van der Waals surface area contributed by atoms with Crippen molar-refractivity contribution in [3.63, 3.8) is 0 Å². The SMILES string of the molecule is O=C(N1CCN(c2ccc(N3CCCC3)nn2)CC1)C1(c2ccc(F)cc2)CC1. The molecular formula is C22H26FN5O. The molecule has 2 saturated heterocycles. The first-order valence-electron chi connectivity index (χ1n) is 10.5. The van der Waals surface area contributed by atoms with Gasteiger partial charge >= 0.3 is 0 Å². The Bertz CT molecular complexity index is 867. The Morgan fingerprint density at radius 1 is 0.793 bits per heavy atom. The molecule has 6 nitrogen and oxygen atoms in total. The minimum Gasteiger partial charge on any atom is -0.355 e. The number of carbonyl (C=O) groups is 1. The lowest BCUT2D eigenvalue weighted by molar-refractivity contribution is -0.134. The van der Waals surface area contributed by atoms with Gasteiger partial charge in [0, 0.05) is 39.3 Å². The van der Waals surface area contributed by atoms with Crippen molar-refractivity contribution in [2.24, 2.45) is 0 Å². The third-order valence-electron chi connectivity index (χ3n) is 6.51. The summed E-state index contributed by atoms with van der Waals surface area (Å²) >= 11 is 0. The van der Waals surface area contributed by atoms with E-state index in [-0.39, 0.29) is 11.7 Å². The van der Waals surface area contributed by atoms with Crippen molar-refractivity contribution in [2.75, 3.05) is 49.1 Å². The highest BCUT2D eigenvalue weighted by Gasteiger charge is 2.53. The Hall–Kier alpha value is -2.70. The molecule has 1 amide bonds. The van der Waals surface area contributed by atoms with Gasteiger partial charge in [-0.05, 0) is 55.5 Å². The van der Waals surface area contributed by atoms with E-state index in [4.69, 9.17) is 0 Å². The van der Waals surface area contributed by atoms with Crippen LogP contribution in [0.2, 0.25) is 0 Å². The Balaban J connectivity index is 1.21. The molecule has 0 spiro atoms. The predicted octanol–water partition coefficient (Wildman–Crippen LogP) is 2.60. The van der Waals surface area contributed by atoms with E-state index < -0.39 is 5.41 Å². The number of amides is 1. The van der Waals surface area contributed by atoms with Crippen LogP contribution in [0.4, 0.5) is 16.0 Å². The maximum atomic E-state index is 13.3. The maximum Gasteiger partial charge on any atom is 0.233 e. The molecule has 0 radical (unpaired) electrons. The second kappa shape index (κ2) is 7.28. The van der Waals surface area contributed by atoms with Gasteiger partial charge in [0.1, 0.15) is 5.82 Å². The number of hydrogen-bond acceptors (Lipinski definition) is 5. The predicted molar refractivity (Wildman–Crippen MR) is 110 cm³/mol. The zero-order chi connectivity index (χ0) is 19.8. The first-order valence-corrected chi connectivity index (χ1v) is 10.5. The summed E-state index contributed by atoms with van der Waals surface area (Å²) in [5.74, 6) is 1.75. The smallest absolute Gasteiger partial charge is 0.233 e. The number of benzene rings is 1. The highest BCUT2D eigenvalue weighted by Crippen LogP contribution is 2.49. The molecule has 0 unspecified atom stereocenters. The molecule has 1 saturated carbocycles. The topological polar surface area (TPSA) is 52.6 Å². The van der Waals surface area contributed by atoms with E-state index in [2.05, 4.69) is 26.1 Å². The van der Waals surface area contributed by atoms with Crippen LogP contribution in [0.3, 0.4) is 0 Å². The molecule has 0 N–H and O–H groups in total. The van der Waals surface area contributed by atoms with Crippen LogP contribution in [0.5, 0.6) is 0 Å². The van der Waals surface area contributed by atoms with Crippen LogP contribution in [0.25, 0.3) is 0 Å². The quantitative estimate of drug-likeness (QED) is 0.797. The zero-order valence-corrected chi connectivity index (χ0v) is 16.6. The fourth-order valence-corrected chi connectivity index (χ4v) is 4.56. The first-order chi connectivity index (χ1) is 14.2. The van der Waals surface area contributed by atoms with Crippen LogP contribution < -0.4 is 9.80 Å². The molecule has 5 rings (SSSR count). The molecule has 152 valence electrons. The first kappa shape index (κ1) is 18.3. The summed E-state index contributed by atoms with van der Waals surface area (Å²) in [6, 6.07) is 10.5. The molecule has 1 aromatic heterocycles. The summed E-state index contributed by atoms with van der Waals surface area (Å²) < 4.78 is 13.3. The molecule has 3 heterocycles. The van der Waals surface area contributed by atoms with Crippen LogP contribution in [-0.4, -0.2) is 60.3 Å². The third-order valence-corrected chi connectivity index (χ3v) is 6.51. The van der Waals surface area contributed by atoms with Crippen molar-refractivity contribution < 1.29 is 9.18 Å². The average molecular weight is 395 g/mol. The van der Waals surface area contributed by atoms with E-state index in [9.17, 15) is 9.18 Å². The van der Waals surface area contributed by atoms with E-state index in [1.807, 2.05) is 11.0 Å². The van der Waals surface area contributed by atoms with E-state index >= 15 is 0 Å². The van der Waals surface area contributed by atoms with Gasteiger partial charge in [-0.15, -0.1) is 10.2 Å². The number of hydrogen-bond donors (Lipinski definition) is 0. The van der Waals surface area contributed by atoms with E-state index in [1.54, 1.807) is 12.1 Å². The molecular weight excluding hydrogens is 369 g/mol. The van der Waals surface area contributed by atoms with Crippen molar-refractivity contribution in [3.05, 3.63) is 47.8 Å². The fraction of sp³-hybridized carbons (Fsp3) is 0.500. The molecule has 29 heavy (non-hydrogen) atoms. The standard InChI is InChI=1S/C22H26FN5O/c23-18-5-3-17(4-6-18)22(9-10-22)21(29)28-15-13-27(14-16-28)20-8-7-19(24-25-20)26-11-1-2-12-26/h3-8H,1-2,9-16H2. The van der Waals surface area contributed by atoms with E-state index in [1.165, 1.54) is 25.0 Å². The molecule has 1 aromatic carbocycles. The average Bonchev–Trinajstić information content (AvgIpc) is 3.39. The Morgan fingerprint density at radius 2 is 1.34 bits per heavy atom. The number of halogens is 1. The minimum atomic E-state index is -0.437. The van der Waals surface area contributed by atoms with Crippen LogP contribution in [0, 0.1) is 5.82 Å². The molecule has 2 aromatic rings. The van der Waals surface area contributed by atoms with Crippen LogP contribution >= 0.6 is 0 Å². The van der Waals surface area contributed by atoms with Gasteiger partial charge in [0.15, 0.2) is 11.6 Å². The molecule has 0 atom stereocenters. The summed E-state index contributed by atoms with van der Waals surface area (Å²) in [7, 11) is 0. The number of aromatic nitrogens is 2. The lowest BCUT2D eigenvalue weighted by Gasteiger charge is -2.37. The summed E-state index contributed by atoms with van der Waals surface area (Å²) in [5.41, 5.74) is 0.502. The van der Waals surface area contributed by atoms with Gasteiger partial charge in [-0.25, -0.2) is 4.39 Å². The number of rotatable bonds is 4. The number of nitrogens with zero attached hydrogens (tertiary/aromatic N) is 5. The van der Waals surface area contributed by atoms with Gasteiger partial charge < -0.3 is 14.7 Å². The molecule has 0 bridgehead atoms. The molecule has 3 fully saturated rings. The Kier molecular flexibility index (Phi) is 4.60. The fourth-order valence-electron chi connectivity index (χ4n) is 4.56. The van der Waals surface area contributed by atoms with Gasteiger partial charge in [-0.1, -0.05) is 12.1 Å². The van der Waals surface area contributed by atoms with Crippen molar-refractivity contribution in [1.82, 2.24) is 15.1 Å². The number of piperazine rings is 1. The van der Waals surface area contributed by atoms with Gasteiger partial charge in [0.2, 0.25) is 5.91 Å². The molecule has 7 heteroatoms. The van der Waals surface area contributed by atoms with Crippen LogP contribution in [0.15, 0.2) is 36.4 Å². The number of anilines is 2. The lowest BCUT2D eigenvalue weighted by atomic mass is 9.94. The lowest BCUT2D eigenvalue weighted by Crippen LogP contribution is -2.51. The molecule has 1 aliphatic carbocycles. The Labute approximate surface area is 170 Å². The van der Waals surface area contributed by atoms with E-state index in [0.29, 0.717) is 13.1 Å². The third kappa shape index (κ3) is 3.43. The second-order valence-electron chi connectivity index (χ2n) is 8.31. The Morgan fingerprint density at radius 3 is 1.86 bits per heavy atom. The second-order valence-corrected chi connectivity index (χ2v) is 8.31. The monoisotopic (exact) mass is 395 g/mol. The van der Waals surface area contributed by atoms with Crippen molar-refractivity contribution >= 4 is 17.5 Å². The van der Waals surface area contributed by atoms with Gasteiger partial charge in [0.25, 0.3) is 0 Å². The summed E-state index contributed by atoms with van der Waals surface area (Å²) in [5, 5.41) is 8.84. The van der Waals surface area contributed by atoms with Gasteiger partial charge in [0.05, 0.1) is 5.41 Å². The maximum absolute atomic E-state index is 13.3. The highest BCUT2D eigenvalue weighted by atomic mass is 19.1. The highest BCUT2D eigenvalue weighted by molar-refractivity contribution is 5.91. The zero-order valence-electron chi connectivity index (χ0n) is 16.6. The van der Waals surface area contributed by atoms with Gasteiger partial charge in [-0.2, -0.15) is 0 Å². The van der Waals surface area contributed by atoms with Crippen molar-refractivity contribution in [3.8, 4) is 0 Å². The minimum absolute atomic E-state index is 0.180. The number of carbonyl (C=O) groups excluding carboxylic acids is 1. The van der Waals surface area contributed by atoms with Crippen LogP contribution in [-0.2, 0) is 10.2 Å². The summed E-state index contributed by atoms with van der Waals surface area (Å²) in [6.07, 6.45) is 4.14. The molecule has 2 aliphatic heterocycles. The van der Waals surface area contributed by atoms with Crippen molar-refractivity contribution in [1.29, 1.82) is 0 Å².